The molecular weight excluding hydrogens is 416 g/mol. The van der Waals surface area contributed by atoms with Gasteiger partial charge in [-0.2, -0.15) is 5.10 Å². The molecule has 0 N–H and O–H groups in total. The summed E-state index contributed by atoms with van der Waals surface area (Å²) in [5.74, 6) is 0. The number of fused-ring (bicyclic) bond motifs is 1. The van der Waals surface area contributed by atoms with Crippen molar-refractivity contribution in [2.45, 2.75) is 32.6 Å². The minimum Gasteiger partial charge on any atom is -0.248 e. The smallest absolute Gasteiger partial charge is 0.159 e. The molecule has 0 aliphatic heterocycles. The maximum Gasteiger partial charge on any atom is 0.159 e. The van der Waals surface area contributed by atoms with E-state index in [1.807, 2.05) is 35.1 Å². The average molecular weight is 445 g/mol. The lowest BCUT2D eigenvalue weighted by atomic mass is 9.77. The Morgan fingerprint density at radius 2 is 1.44 bits per heavy atom. The Bertz CT molecular complexity index is 1390. The highest BCUT2D eigenvalue weighted by Crippen LogP contribution is 2.37. The Kier molecular flexibility index (Phi) is 5.81. The van der Waals surface area contributed by atoms with Gasteiger partial charge in [0.2, 0.25) is 0 Å². The fourth-order valence-corrected chi connectivity index (χ4v) is 4.53. The predicted octanol–water partition coefficient (Wildman–Crippen LogP) is 6.79. The first-order valence-electron chi connectivity index (χ1n) is 11.7. The number of hydrogen-bond donors (Lipinski definition) is 0. The van der Waals surface area contributed by atoms with Gasteiger partial charge < -0.3 is 0 Å². The van der Waals surface area contributed by atoms with Crippen molar-refractivity contribution in [2.75, 3.05) is 0 Å². The molecule has 0 radical (unpaired) electrons. The van der Waals surface area contributed by atoms with Crippen LogP contribution in [0.4, 0.5) is 5.69 Å². The van der Waals surface area contributed by atoms with Crippen LogP contribution < -0.4 is 0 Å². The Morgan fingerprint density at radius 3 is 2.03 bits per heavy atom. The van der Waals surface area contributed by atoms with E-state index in [0.29, 0.717) is 0 Å². The molecule has 0 spiro atoms. The molecule has 2 aromatic heterocycles. The van der Waals surface area contributed by atoms with Crippen LogP contribution in [0.25, 0.3) is 5.65 Å². The van der Waals surface area contributed by atoms with Crippen molar-refractivity contribution in [2.24, 2.45) is 4.99 Å². The first-order chi connectivity index (χ1) is 16.6. The number of aliphatic imine (C=N–C) groups is 1. The van der Waals surface area contributed by atoms with E-state index in [0.717, 1.165) is 40.3 Å². The van der Waals surface area contributed by atoms with E-state index >= 15 is 0 Å². The Morgan fingerprint density at radius 1 is 0.824 bits per heavy atom. The second-order valence-electron chi connectivity index (χ2n) is 8.93. The molecule has 0 atom stereocenters. The third-order valence-corrected chi connectivity index (χ3v) is 6.35. The quantitative estimate of drug-likeness (QED) is 0.271. The topological polar surface area (TPSA) is 42.5 Å². The number of nitrogens with zero attached hydrogens (tertiary/aromatic N) is 4. The van der Waals surface area contributed by atoms with Gasteiger partial charge in [-0.1, -0.05) is 93.6 Å². The van der Waals surface area contributed by atoms with Gasteiger partial charge in [-0.3, -0.25) is 0 Å². The van der Waals surface area contributed by atoms with Crippen molar-refractivity contribution in [1.29, 1.82) is 0 Å². The summed E-state index contributed by atoms with van der Waals surface area (Å²) >= 11 is 0. The lowest BCUT2D eigenvalue weighted by Crippen LogP contribution is -2.20. The van der Waals surface area contributed by atoms with E-state index in [9.17, 15) is 0 Å². The third-order valence-electron chi connectivity index (χ3n) is 6.35. The van der Waals surface area contributed by atoms with Crippen molar-refractivity contribution < 1.29 is 0 Å². The molecule has 2 heterocycles. The van der Waals surface area contributed by atoms with Crippen molar-refractivity contribution >= 4 is 17.0 Å². The van der Waals surface area contributed by atoms with Crippen LogP contribution in [0, 0.1) is 0 Å². The van der Waals surface area contributed by atoms with Gasteiger partial charge in [0.25, 0.3) is 0 Å². The van der Waals surface area contributed by atoms with Crippen molar-refractivity contribution in [3.63, 3.8) is 0 Å². The highest BCUT2D eigenvalue weighted by atomic mass is 15.2. The monoisotopic (exact) mass is 444 g/mol. The van der Waals surface area contributed by atoms with E-state index in [4.69, 9.17) is 10.1 Å². The molecule has 0 amide bonds. The molecule has 0 bridgehead atoms. The maximum atomic E-state index is 5.06. The zero-order valence-corrected chi connectivity index (χ0v) is 19.8. The molecule has 3 aromatic carbocycles. The second kappa shape index (κ2) is 9.06. The van der Waals surface area contributed by atoms with Gasteiger partial charge >= 0.3 is 0 Å². The van der Waals surface area contributed by atoms with Crippen LogP contribution in [0.15, 0.2) is 108 Å². The minimum absolute atomic E-state index is 0.245. The number of aryl methyl sites for hydroxylation is 1. The van der Waals surface area contributed by atoms with Gasteiger partial charge in [0, 0.05) is 34.5 Å². The van der Waals surface area contributed by atoms with E-state index in [1.54, 1.807) is 0 Å². The Hall–Kier alpha value is -4.05. The van der Waals surface area contributed by atoms with Gasteiger partial charge in [-0.05, 0) is 30.2 Å². The van der Waals surface area contributed by atoms with Crippen LogP contribution in [-0.2, 0) is 11.8 Å². The molecule has 168 valence electrons. The molecule has 4 nitrogen and oxygen atoms in total. The predicted molar refractivity (Wildman–Crippen MR) is 139 cm³/mol. The molecular formula is C30H28N4. The zero-order valence-electron chi connectivity index (χ0n) is 19.8. The molecule has 0 aliphatic carbocycles. The molecule has 5 aromatic rings. The molecule has 4 heteroatoms. The van der Waals surface area contributed by atoms with Gasteiger partial charge in [0.05, 0.1) is 17.1 Å². The van der Waals surface area contributed by atoms with Crippen LogP contribution >= 0.6 is 0 Å². The maximum absolute atomic E-state index is 5.06. The number of benzene rings is 3. The van der Waals surface area contributed by atoms with Gasteiger partial charge in [0.15, 0.2) is 5.65 Å². The standard InChI is InChI=1S/C30H28N4/c1-4-26-27(29-31-20-11-21-34(29)33-26)30(2,3)24-16-18-25(19-17-24)32-28(22-12-7-5-8-13-22)23-14-9-6-10-15-23/h5-21H,4H2,1-3H3. The SMILES string of the molecule is CCc1nn2cccnc2c1C(C)(C)c1ccc(N=C(c2ccccc2)c2ccccc2)cc1. The Balaban J connectivity index is 1.55. The van der Waals surface area contributed by atoms with Crippen LogP contribution in [-0.4, -0.2) is 20.3 Å². The second-order valence-corrected chi connectivity index (χ2v) is 8.93. The summed E-state index contributed by atoms with van der Waals surface area (Å²) in [6.07, 6.45) is 4.66. The average Bonchev–Trinajstić information content (AvgIpc) is 3.28. The number of aromatic nitrogens is 3. The van der Waals surface area contributed by atoms with E-state index in [1.165, 1.54) is 11.1 Å². The summed E-state index contributed by atoms with van der Waals surface area (Å²) in [6.45, 7) is 6.64. The lowest BCUT2D eigenvalue weighted by Gasteiger charge is -2.26. The summed E-state index contributed by atoms with van der Waals surface area (Å²) in [5, 5.41) is 4.78. The van der Waals surface area contributed by atoms with Crippen LogP contribution in [0.3, 0.4) is 0 Å². The molecule has 0 fully saturated rings. The number of hydrogen-bond acceptors (Lipinski definition) is 3. The van der Waals surface area contributed by atoms with E-state index < -0.39 is 0 Å². The highest BCUT2D eigenvalue weighted by molar-refractivity contribution is 6.13. The van der Waals surface area contributed by atoms with Crippen LogP contribution in [0.5, 0.6) is 0 Å². The summed E-state index contributed by atoms with van der Waals surface area (Å²) in [5.41, 5.74) is 8.24. The lowest BCUT2D eigenvalue weighted by molar-refractivity contribution is 0.636. The van der Waals surface area contributed by atoms with Crippen molar-refractivity contribution in [3.8, 4) is 0 Å². The van der Waals surface area contributed by atoms with Gasteiger partial charge in [-0.25, -0.2) is 14.5 Å². The largest absolute Gasteiger partial charge is 0.248 e. The molecule has 0 aliphatic rings. The first-order valence-corrected chi connectivity index (χ1v) is 11.7. The van der Waals surface area contributed by atoms with E-state index in [2.05, 4.69) is 98.6 Å². The summed E-state index contributed by atoms with van der Waals surface area (Å²) < 4.78 is 1.89. The summed E-state index contributed by atoms with van der Waals surface area (Å²) in [7, 11) is 0. The van der Waals surface area contributed by atoms with E-state index in [-0.39, 0.29) is 5.41 Å². The van der Waals surface area contributed by atoms with Crippen molar-refractivity contribution in [1.82, 2.24) is 14.6 Å². The highest BCUT2D eigenvalue weighted by Gasteiger charge is 2.30. The van der Waals surface area contributed by atoms with Gasteiger partial charge in [0.1, 0.15) is 0 Å². The molecule has 0 saturated heterocycles. The molecule has 0 saturated carbocycles. The van der Waals surface area contributed by atoms with Crippen LogP contribution in [0.2, 0.25) is 0 Å². The molecule has 5 rings (SSSR count). The normalized spacial score (nSPS) is 11.5. The first kappa shape index (κ1) is 21.8. The third kappa shape index (κ3) is 4.03. The Labute approximate surface area is 200 Å². The minimum atomic E-state index is -0.245. The molecule has 0 unspecified atom stereocenters. The molecule has 34 heavy (non-hydrogen) atoms. The van der Waals surface area contributed by atoms with Crippen molar-refractivity contribution in [3.05, 3.63) is 131 Å². The van der Waals surface area contributed by atoms with Crippen LogP contribution in [0.1, 0.15) is 48.7 Å². The zero-order chi connectivity index (χ0) is 23.5. The fraction of sp³-hybridized carbons (Fsp3) is 0.167. The summed E-state index contributed by atoms with van der Waals surface area (Å²) in [6, 6.07) is 31.2. The number of rotatable bonds is 6. The summed E-state index contributed by atoms with van der Waals surface area (Å²) in [4.78, 5) is 9.70. The van der Waals surface area contributed by atoms with Gasteiger partial charge in [-0.15, -0.1) is 0 Å². The fourth-order valence-electron chi connectivity index (χ4n) is 4.53.